The summed E-state index contributed by atoms with van der Waals surface area (Å²) < 4.78 is 20.3. The van der Waals surface area contributed by atoms with E-state index in [4.69, 9.17) is 21.3 Å². The number of rotatable bonds is 3. The van der Waals surface area contributed by atoms with Gasteiger partial charge in [0.15, 0.2) is 0 Å². The zero-order valence-electron chi connectivity index (χ0n) is 18.8. The van der Waals surface area contributed by atoms with E-state index in [9.17, 15) is 14.0 Å². The summed E-state index contributed by atoms with van der Waals surface area (Å²) in [5.41, 5.74) is 1.46. The summed E-state index contributed by atoms with van der Waals surface area (Å²) in [4.78, 5) is 32.5. The van der Waals surface area contributed by atoms with E-state index in [-0.39, 0.29) is 44.0 Å². The van der Waals surface area contributed by atoms with E-state index < -0.39 is 17.4 Å². The molecule has 35 heavy (non-hydrogen) atoms. The normalized spacial score (nSPS) is 16.7. The van der Waals surface area contributed by atoms with Crippen LogP contribution in [0.15, 0.2) is 77.8 Å². The van der Waals surface area contributed by atoms with Crippen molar-refractivity contribution in [2.75, 3.05) is 18.4 Å². The Bertz CT molecular complexity index is 1300. The maximum Gasteiger partial charge on any atom is 0.410 e. The number of likely N-dealkylation sites (tertiary alicyclic amines) is 1. The SMILES string of the molecule is O=C(OCc1ccccc1)N1CCC2(CC1)N=C(c1ccccc1F)c1cc(Cl)ccc1NC2=O. The Balaban J connectivity index is 1.42. The summed E-state index contributed by atoms with van der Waals surface area (Å²) in [6, 6.07) is 20.8. The highest BCUT2D eigenvalue weighted by atomic mass is 35.5. The first-order chi connectivity index (χ1) is 16.9. The average molecular weight is 492 g/mol. The molecule has 0 saturated carbocycles. The first kappa shape index (κ1) is 23.1. The molecular weight excluding hydrogens is 469 g/mol. The predicted molar refractivity (Wildman–Crippen MR) is 132 cm³/mol. The van der Waals surface area contributed by atoms with Crippen LogP contribution in [0, 0.1) is 5.82 Å². The van der Waals surface area contributed by atoms with Crippen LogP contribution >= 0.6 is 11.6 Å². The van der Waals surface area contributed by atoms with Crippen molar-refractivity contribution in [1.29, 1.82) is 0 Å². The second-order valence-electron chi connectivity index (χ2n) is 8.64. The number of carbonyl (C=O) groups is 2. The molecule has 1 spiro atoms. The van der Waals surface area contributed by atoms with Gasteiger partial charge in [-0.1, -0.05) is 54.1 Å². The molecule has 0 unspecified atom stereocenters. The molecule has 1 saturated heterocycles. The Morgan fingerprint density at radius 2 is 1.74 bits per heavy atom. The van der Waals surface area contributed by atoms with Crippen LogP contribution in [-0.4, -0.2) is 41.2 Å². The molecular formula is C27H23ClFN3O3. The minimum Gasteiger partial charge on any atom is -0.445 e. The second-order valence-corrected chi connectivity index (χ2v) is 9.08. The third-order valence-corrected chi connectivity index (χ3v) is 6.65. The van der Waals surface area contributed by atoms with Gasteiger partial charge in [-0.25, -0.2) is 9.18 Å². The summed E-state index contributed by atoms with van der Waals surface area (Å²) in [7, 11) is 0. The molecule has 0 aromatic heterocycles. The number of piperidine rings is 1. The number of aliphatic imine (C=N–C) groups is 1. The van der Waals surface area contributed by atoms with Crippen molar-refractivity contribution in [1.82, 2.24) is 4.90 Å². The van der Waals surface area contributed by atoms with Gasteiger partial charge in [-0.05, 0) is 48.7 Å². The van der Waals surface area contributed by atoms with Crippen LogP contribution in [0.1, 0.15) is 29.5 Å². The molecule has 1 N–H and O–H groups in total. The molecule has 8 heteroatoms. The molecule has 3 aromatic carbocycles. The molecule has 1 fully saturated rings. The van der Waals surface area contributed by atoms with E-state index >= 15 is 0 Å². The minimum absolute atomic E-state index is 0.174. The van der Waals surface area contributed by atoms with Crippen LogP contribution in [0.5, 0.6) is 0 Å². The van der Waals surface area contributed by atoms with Crippen LogP contribution < -0.4 is 5.32 Å². The van der Waals surface area contributed by atoms with E-state index in [0.29, 0.717) is 22.0 Å². The number of amides is 2. The quantitative estimate of drug-likeness (QED) is 0.530. The standard InChI is InChI=1S/C27H23ClFN3O3/c28-19-10-11-23-21(16-19)24(20-8-4-5-9-22(20)29)31-27(25(33)30-23)12-14-32(15-13-27)26(34)35-17-18-6-2-1-3-7-18/h1-11,16H,12-15,17H2,(H,30,33). The molecule has 2 amide bonds. The molecule has 2 aliphatic heterocycles. The van der Waals surface area contributed by atoms with Gasteiger partial charge in [-0.3, -0.25) is 9.79 Å². The lowest BCUT2D eigenvalue weighted by atomic mass is 9.87. The number of nitrogens with one attached hydrogen (secondary N) is 1. The molecule has 0 atom stereocenters. The zero-order valence-corrected chi connectivity index (χ0v) is 19.6. The van der Waals surface area contributed by atoms with Crippen molar-refractivity contribution in [3.63, 3.8) is 0 Å². The lowest BCUT2D eigenvalue weighted by molar-refractivity contribution is -0.122. The monoisotopic (exact) mass is 491 g/mol. The molecule has 0 radical (unpaired) electrons. The summed E-state index contributed by atoms with van der Waals surface area (Å²) in [6.45, 7) is 0.742. The van der Waals surface area contributed by atoms with Crippen LogP contribution in [0.4, 0.5) is 14.9 Å². The molecule has 5 rings (SSSR count). The van der Waals surface area contributed by atoms with Gasteiger partial charge in [-0.2, -0.15) is 0 Å². The smallest absolute Gasteiger partial charge is 0.410 e. The largest absolute Gasteiger partial charge is 0.445 e. The number of hydrogen-bond acceptors (Lipinski definition) is 4. The molecule has 2 aliphatic rings. The zero-order chi connectivity index (χ0) is 24.4. The molecule has 0 aliphatic carbocycles. The van der Waals surface area contributed by atoms with Crippen molar-refractivity contribution >= 4 is 35.0 Å². The fourth-order valence-electron chi connectivity index (χ4n) is 4.45. The lowest BCUT2D eigenvalue weighted by Crippen LogP contribution is -2.51. The van der Waals surface area contributed by atoms with Gasteiger partial charge >= 0.3 is 6.09 Å². The Morgan fingerprint density at radius 1 is 1.03 bits per heavy atom. The van der Waals surface area contributed by atoms with Crippen LogP contribution in [0.25, 0.3) is 0 Å². The van der Waals surface area contributed by atoms with Gasteiger partial charge in [0.25, 0.3) is 5.91 Å². The second kappa shape index (κ2) is 9.50. The molecule has 6 nitrogen and oxygen atoms in total. The maximum absolute atomic E-state index is 14.9. The first-order valence-corrected chi connectivity index (χ1v) is 11.7. The number of nitrogens with zero attached hydrogens (tertiary/aromatic N) is 2. The van der Waals surface area contributed by atoms with Gasteiger partial charge in [0.2, 0.25) is 0 Å². The van der Waals surface area contributed by atoms with Crippen molar-refractivity contribution in [3.8, 4) is 0 Å². The highest BCUT2D eigenvalue weighted by Crippen LogP contribution is 2.36. The van der Waals surface area contributed by atoms with E-state index in [1.807, 2.05) is 30.3 Å². The number of fused-ring (bicyclic) bond motifs is 1. The number of halogens is 2. The average Bonchev–Trinajstić information content (AvgIpc) is 2.98. The fraction of sp³-hybridized carbons (Fsp3) is 0.222. The third kappa shape index (κ3) is 4.64. The Morgan fingerprint density at radius 3 is 2.49 bits per heavy atom. The topological polar surface area (TPSA) is 71.0 Å². The number of hydrogen-bond donors (Lipinski definition) is 1. The highest BCUT2D eigenvalue weighted by Gasteiger charge is 2.45. The van der Waals surface area contributed by atoms with E-state index in [2.05, 4.69) is 5.32 Å². The van der Waals surface area contributed by atoms with Gasteiger partial charge in [0, 0.05) is 29.2 Å². The fourth-order valence-corrected chi connectivity index (χ4v) is 4.62. The van der Waals surface area contributed by atoms with Crippen LogP contribution in [0.2, 0.25) is 5.02 Å². The Hall–Kier alpha value is -3.71. The lowest BCUT2D eigenvalue weighted by Gasteiger charge is -2.37. The summed E-state index contributed by atoms with van der Waals surface area (Å²) in [6.07, 6.45) is 0.115. The maximum atomic E-state index is 14.9. The number of carbonyl (C=O) groups excluding carboxylic acids is 2. The predicted octanol–water partition coefficient (Wildman–Crippen LogP) is 5.44. The van der Waals surface area contributed by atoms with Crippen molar-refractivity contribution in [3.05, 3.63) is 100 Å². The van der Waals surface area contributed by atoms with Crippen LogP contribution in [-0.2, 0) is 16.1 Å². The third-order valence-electron chi connectivity index (χ3n) is 6.42. The van der Waals surface area contributed by atoms with Crippen LogP contribution in [0.3, 0.4) is 0 Å². The van der Waals surface area contributed by atoms with Crippen molar-refractivity contribution < 1.29 is 18.7 Å². The van der Waals surface area contributed by atoms with Gasteiger partial charge in [-0.15, -0.1) is 0 Å². The summed E-state index contributed by atoms with van der Waals surface area (Å²) in [5, 5.41) is 3.40. The molecule has 3 aromatic rings. The van der Waals surface area contributed by atoms with Gasteiger partial charge in [0.1, 0.15) is 18.0 Å². The van der Waals surface area contributed by atoms with E-state index in [1.165, 1.54) is 6.07 Å². The first-order valence-electron chi connectivity index (χ1n) is 11.4. The summed E-state index contributed by atoms with van der Waals surface area (Å²) >= 11 is 6.24. The Labute approximate surface area is 207 Å². The number of ether oxygens (including phenoxy) is 1. The number of anilines is 1. The molecule has 2 heterocycles. The number of benzene rings is 3. The molecule has 0 bridgehead atoms. The van der Waals surface area contributed by atoms with Gasteiger partial charge < -0.3 is 15.0 Å². The van der Waals surface area contributed by atoms with Gasteiger partial charge in [0.05, 0.1) is 11.4 Å². The summed E-state index contributed by atoms with van der Waals surface area (Å²) in [5.74, 6) is -0.728. The van der Waals surface area contributed by atoms with E-state index in [0.717, 1.165) is 5.56 Å². The molecule has 178 valence electrons. The van der Waals surface area contributed by atoms with Crippen molar-refractivity contribution in [2.24, 2.45) is 4.99 Å². The Kier molecular flexibility index (Phi) is 6.26. The minimum atomic E-state index is -1.15. The van der Waals surface area contributed by atoms with E-state index in [1.54, 1.807) is 41.3 Å². The highest BCUT2D eigenvalue weighted by molar-refractivity contribution is 6.32. The van der Waals surface area contributed by atoms with Crippen molar-refractivity contribution in [2.45, 2.75) is 25.0 Å².